The number of nitrogens with zero attached hydrogens (tertiary/aromatic N) is 2. The van der Waals surface area contributed by atoms with Gasteiger partial charge in [0.25, 0.3) is 0 Å². The lowest BCUT2D eigenvalue weighted by Gasteiger charge is -2.15. The molecule has 3 rings (SSSR count). The van der Waals surface area contributed by atoms with Crippen molar-refractivity contribution in [2.24, 2.45) is 5.41 Å². The maximum Gasteiger partial charge on any atom is 0.170 e. The summed E-state index contributed by atoms with van der Waals surface area (Å²) in [6.45, 7) is 6.38. The van der Waals surface area contributed by atoms with E-state index in [0.29, 0.717) is 12.1 Å². The van der Waals surface area contributed by atoms with E-state index in [4.69, 9.17) is 0 Å². The molecule has 0 fully saturated rings. The summed E-state index contributed by atoms with van der Waals surface area (Å²) in [5.74, 6) is 0.131. The summed E-state index contributed by atoms with van der Waals surface area (Å²) in [5.41, 5.74) is 2.94. The molecule has 0 N–H and O–H groups in total. The highest BCUT2D eigenvalue weighted by atomic mass is 16.1. The quantitative estimate of drug-likeness (QED) is 0.652. The largest absolute Gasteiger partial charge is 0.342 e. The van der Waals surface area contributed by atoms with Crippen LogP contribution >= 0.6 is 0 Å². The van der Waals surface area contributed by atoms with E-state index in [1.807, 2.05) is 75.5 Å². The highest BCUT2D eigenvalue weighted by Gasteiger charge is 2.26. The minimum Gasteiger partial charge on any atom is -0.342 e. The van der Waals surface area contributed by atoms with Gasteiger partial charge in [0.2, 0.25) is 0 Å². The van der Waals surface area contributed by atoms with E-state index in [-0.39, 0.29) is 5.78 Å². The van der Waals surface area contributed by atoms with Gasteiger partial charge in [-0.3, -0.25) is 4.79 Å². The third-order valence-corrected chi connectivity index (χ3v) is 4.19. The fraction of sp³-hybridized carbons (Fsp3) is 0.238. The number of nitriles is 1. The van der Waals surface area contributed by atoms with Crippen LogP contribution < -0.4 is 0 Å². The average Bonchev–Trinajstić information content (AvgIpc) is 2.92. The van der Waals surface area contributed by atoms with Crippen molar-refractivity contribution < 1.29 is 4.79 Å². The van der Waals surface area contributed by atoms with Crippen molar-refractivity contribution >= 4 is 16.7 Å². The molecule has 0 radical (unpaired) electrons. The number of hydrogen-bond acceptors (Lipinski definition) is 2. The van der Waals surface area contributed by atoms with Gasteiger partial charge in [0.05, 0.1) is 11.6 Å². The molecule has 3 nitrogen and oxygen atoms in total. The molecule has 0 aliphatic rings. The van der Waals surface area contributed by atoms with Gasteiger partial charge in [-0.05, 0) is 17.7 Å². The lowest BCUT2D eigenvalue weighted by molar-refractivity contribution is 0.0860. The van der Waals surface area contributed by atoms with Crippen LogP contribution in [-0.4, -0.2) is 10.4 Å². The van der Waals surface area contributed by atoms with Crippen molar-refractivity contribution in [3.8, 4) is 6.07 Å². The van der Waals surface area contributed by atoms with Gasteiger partial charge in [-0.15, -0.1) is 0 Å². The number of aromatic nitrogens is 1. The Bertz CT molecular complexity index is 952. The lowest BCUT2D eigenvalue weighted by atomic mass is 9.86. The number of carbonyl (C=O) groups excluding carboxylic acids is 1. The molecule has 0 bridgehead atoms. The molecule has 0 aliphatic carbocycles. The zero-order chi connectivity index (χ0) is 17.3. The molecule has 3 aromatic rings. The second-order valence-corrected chi connectivity index (χ2v) is 7.04. The zero-order valence-electron chi connectivity index (χ0n) is 14.2. The van der Waals surface area contributed by atoms with Crippen LogP contribution in [0.4, 0.5) is 0 Å². The highest BCUT2D eigenvalue weighted by molar-refractivity contribution is 6.10. The van der Waals surface area contributed by atoms with Gasteiger partial charge in [-0.2, -0.15) is 5.26 Å². The summed E-state index contributed by atoms with van der Waals surface area (Å²) >= 11 is 0. The van der Waals surface area contributed by atoms with Crippen LogP contribution in [0.25, 0.3) is 10.9 Å². The van der Waals surface area contributed by atoms with Gasteiger partial charge in [0.1, 0.15) is 0 Å². The Morgan fingerprint density at radius 2 is 1.75 bits per heavy atom. The number of rotatable bonds is 3. The van der Waals surface area contributed by atoms with E-state index in [1.54, 1.807) is 0 Å². The smallest absolute Gasteiger partial charge is 0.170 e. The van der Waals surface area contributed by atoms with Gasteiger partial charge >= 0.3 is 0 Å². The summed E-state index contributed by atoms with van der Waals surface area (Å²) in [7, 11) is 0. The van der Waals surface area contributed by atoms with Gasteiger partial charge in [0.15, 0.2) is 5.78 Å². The Hall–Kier alpha value is -2.86. The van der Waals surface area contributed by atoms with Crippen LogP contribution in [0.2, 0.25) is 0 Å². The second-order valence-electron chi connectivity index (χ2n) is 7.04. The van der Waals surface area contributed by atoms with E-state index in [9.17, 15) is 10.1 Å². The molecule has 0 aliphatic heterocycles. The fourth-order valence-corrected chi connectivity index (χ4v) is 2.91. The molecular weight excluding hydrogens is 296 g/mol. The lowest BCUT2D eigenvalue weighted by Crippen LogP contribution is -2.19. The minimum atomic E-state index is -0.431. The molecule has 120 valence electrons. The molecule has 0 saturated carbocycles. The number of ketones is 1. The van der Waals surface area contributed by atoms with Crippen LogP contribution in [0.15, 0.2) is 54.7 Å². The van der Waals surface area contributed by atoms with Crippen molar-refractivity contribution in [1.82, 2.24) is 4.57 Å². The molecule has 24 heavy (non-hydrogen) atoms. The Morgan fingerprint density at radius 3 is 2.46 bits per heavy atom. The minimum absolute atomic E-state index is 0.131. The standard InChI is InChI=1S/C21H20N2O/c1-21(2,3)20(24)18-14-23(19-11-7-6-10-17(18)19)13-16-9-5-4-8-15(16)12-22/h4-11,14H,13H2,1-3H3. The zero-order valence-corrected chi connectivity index (χ0v) is 14.2. The summed E-state index contributed by atoms with van der Waals surface area (Å²) in [6, 6.07) is 17.7. The van der Waals surface area contributed by atoms with Gasteiger partial charge in [-0.25, -0.2) is 0 Å². The van der Waals surface area contributed by atoms with Crippen LogP contribution in [0.1, 0.15) is 42.3 Å². The van der Waals surface area contributed by atoms with Gasteiger partial charge < -0.3 is 4.57 Å². The third-order valence-electron chi connectivity index (χ3n) is 4.19. The topological polar surface area (TPSA) is 45.8 Å². The highest BCUT2D eigenvalue weighted by Crippen LogP contribution is 2.29. The Labute approximate surface area is 142 Å². The first kappa shape index (κ1) is 16.0. The molecule has 3 heteroatoms. The predicted molar refractivity (Wildman–Crippen MR) is 96.0 cm³/mol. The molecule has 0 amide bonds. The first-order valence-electron chi connectivity index (χ1n) is 8.02. The molecule has 2 aromatic carbocycles. The van der Waals surface area contributed by atoms with Crippen molar-refractivity contribution in [3.63, 3.8) is 0 Å². The first-order chi connectivity index (χ1) is 11.4. The summed E-state index contributed by atoms with van der Waals surface area (Å²) < 4.78 is 2.06. The van der Waals surface area contributed by atoms with Crippen LogP contribution in [0, 0.1) is 16.7 Å². The summed E-state index contributed by atoms with van der Waals surface area (Å²) in [4.78, 5) is 12.8. The van der Waals surface area contributed by atoms with Crippen molar-refractivity contribution in [2.45, 2.75) is 27.3 Å². The van der Waals surface area contributed by atoms with E-state index in [0.717, 1.165) is 22.0 Å². The maximum atomic E-state index is 12.8. The fourth-order valence-electron chi connectivity index (χ4n) is 2.91. The monoisotopic (exact) mass is 316 g/mol. The maximum absolute atomic E-state index is 12.8. The molecular formula is C21H20N2O. The molecule has 0 atom stereocenters. The predicted octanol–water partition coefficient (Wildman–Crippen LogP) is 4.79. The van der Waals surface area contributed by atoms with Gasteiger partial charge in [0, 0.05) is 34.6 Å². The van der Waals surface area contributed by atoms with E-state index >= 15 is 0 Å². The summed E-state index contributed by atoms with van der Waals surface area (Å²) in [5, 5.41) is 10.3. The molecule has 0 spiro atoms. The SMILES string of the molecule is CC(C)(C)C(=O)c1cn(Cc2ccccc2C#N)c2ccccc12. The first-order valence-corrected chi connectivity index (χ1v) is 8.02. The van der Waals surface area contributed by atoms with Crippen LogP contribution in [0.5, 0.6) is 0 Å². The molecule has 0 unspecified atom stereocenters. The Morgan fingerprint density at radius 1 is 1.08 bits per heavy atom. The van der Waals surface area contributed by atoms with Crippen LogP contribution in [0.3, 0.4) is 0 Å². The molecule has 1 heterocycles. The molecule has 1 aromatic heterocycles. The second kappa shape index (κ2) is 5.98. The summed E-state index contributed by atoms with van der Waals surface area (Å²) in [6.07, 6.45) is 1.92. The van der Waals surface area contributed by atoms with Crippen LogP contribution in [-0.2, 0) is 6.54 Å². The number of fused-ring (bicyclic) bond motifs is 1. The van der Waals surface area contributed by atoms with Crippen molar-refractivity contribution in [3.05, 3.63) is 71.4 Å². The number of benzene rings is 2. The normalized spacial score (nSPS) is 11.4. The number of Topliss-reactive ketones (excluding diaryl/α,β-unsaturated/α-hetero) is 1. The third kappa shape index (κ3) is 2.83. The van der Waals surface area contributed by atoms with Crippen molar-refractivity contribution in [1.29, 1.82) is 5.26 Å². The molecule has 0 saturated heterocycles. The number of hydrogen-bond donors (Lipinski definition) is 0. The Kier molecular flexibility index (Phi) is 3.99. The van der Waals surface area contributed by atoms with E-state index < -0.39 is 5.41 Å². The Balaban J connectivity index is 2.13. The number of para-hydroxylation sites is 1. The van der Waals surface area contributed by atoms with E-state index in [1.165, 1.54) is 0 Å². The van der Waals surface area contributed by atoms with Gasteiger partial charge in [-0.1, -0.05) is 57.2 Å². The number of carbonyl (C=O) groups is 1. The van der Waals surface area contributed by atoms with E-state index in [2.05, 4.69) is 10.6 Å². The van der Waals surface area contributed by atoms with Crippen molar-refractivity contribution in [2.75, 3.05) is 0 Å². The average molecular weight is 316 g/mol.